The van der Waals surface area contributed by atoms with Crippen LogP contribution in [0.1, 0.15) is 19.4 Å². The molecule has 138 valence electrons. The molecule has 0 aliphatic heterocycles. The first-order valence-electron chi connectivity index (χ1n) is 7.80. The number of non-ortho nitro benzene ring substituents is 1. The highest BCUT2D eigenvalue weighted by molar-refractivity contribution is 5.65. The van der Waals surface area contributed by atoms with Gasteiger partial charge in [-0.3, -0.25) is 10.1 Å². The SMILES string of the molecule is COc1cc([N+](=O)[O-])ccc1Oc1ccc(CC(C)(C)NC(=O)O)cc1. The highest BCUT2D eigenvalue weighted by Crippen LogP contribution is 2.34. The molecule has 0 aromatic heterocycles. The number of carbonyl (C=O) groups is 1. The molecule has 0 radical (unpaired) electrons. The maximum atomic E-state index is 10.8. The van der Waals surface area contributed by atoms with E-state index in [0.717, 1.165) is 5.56 Å². The topological polar surface area (TPSA) is 111 Å². The van der Waals surface area contributed by atoms with Gasteiger partial charge in [-0.15, -0.1) is 0 Å². The van der Waals surface area contributed by atoms with Gasteiger partial charge in [-0.1, -0.05) is 12.1 Å². The number of hydrogen-bond acceptors (Lipinski definition) is 5. The summed E-state index contributed by atoms with van der Waals surface area (Å²) >= 11 is 0. The lowest BCUT2D eigenvalue weighted by molar-refractivity contribution is -0.384. The monoisotopic (exact) mass is 360 g/mol. The molecule has 8 heteroatoms. The van der Waals surface area contributed by atoms with Crippen molar-refractivity contribution in [2.75, 3.05) is 7.11 Å². The minimum absolute atomic E-state index is 0.0855. The van der Waals surface area contributed by atoms with Crippen molar-refractivity contribution in [3.8, 4) is 17.2 Å². The Kier molecular flexibility index (Phi) is 5.66. The standard InChI is InChI=1S/C18H20N2O6/c1-18(2,19-17(21)22)11-12-4-7-14(8-5-12)26-15-9-6-13(20(23)24)10-16(15)25-3/h4-10,19H,11H2,1-3H3,(H,21,22). The second-order valence-corrected chi connectivity index (χ2v) is 6.33. The number of nitrogens with one attached hydrogen (secondary N) is 1. The Labute approximate surface area is 150 Å². The smallest absolute Gasteiger partial charge is 0.405 e. The van der Waals surface area contributed by atoms with Crippen LogP contribution >= 0.6 is 0 Å². The molecule has 8 nitrogen and oxygen atoms in total. The van der Waals surface area contributed by atoms with Crippen LogP contribution in [0.4, 0.5) is 10.5 Å². The molecule has 1 amide bonds. The number of nitro groups is 1. The number of rotatable bonds is 7. The zero-order chi connectivity index (χ0) is 19.3. The lowest BCUT2D eigenvalue weighted by Gasteiger charge is -2.24. The number of benzene rings is 2. The third-order valence-corrected chi connectivity index (χ3v) is 3.60. The maximum Gasteiger partial charge on any atom is 0.405 e. The summed E-state index contributed by atoms with van der Waals surface area (Å²) in [6.45, 7) is 3.60. The molecule has 26 heavy (non-hydrogen) atoms. The van der Waals surface area contributed by atoms with Crippen molar-refractivity contribution in [2.45, 2.75) is 25.8 Å². The molecule has 0 atom stereocenters. The van der Waals surface area contributed by atoms with Gasteiger partial charge in [-0.25, -0.2) is 4.79 Å². The summed E-state index contributed by atoms with van der Waals surface area (Å²) < 4.78 is 10.9. The third kappa shape index (κ3) is 5.10. The Balaban J connectivity index is 2.12. The van der Waals surface area contributed by atoms with Crippen LogP contribution in [-0.4, -0.2) is 28.8 Å². The molecule has 2 rings (SSSR count). The van der Waals surface area contributed by atoms with Gasteiger partial charge in [0.2, 0.25) is 0 Å². The van der Waals surface area contributed by atoms with Gasteiger partial charge in [-0.05, 0) is 44.0 Å². The van der Waals surface area contributed by atoms with Gasteiger partial charge < -0.3 is 19.9 Å². The molecule has 0 bridgehead atoms. The predicted molar refractivity (Wildman–Crippen MR) is 95.1 cm³/mol. The van der Waals surface area contributed by atoms with E-state index in [2.05, 4.69) is 5.32 Å². The first-order chi connectivity index (χ1) is 12.2. The van der Waals surface area contributed by atoms with Gasteiger partial charge in [0.15, 0.2) is 11.5 Å². The Hall–Kier alpha value is -3.29. The Bertz CT molecular complexity index is 802. The van der Waals surface area contributed by atoms with E-state index in [9.17, 15) is 14.9 Å². The summed E-state index contributed by atoms with van der Waals surface area (Å²) in [5.41, 5.74) is 0.250. The quantitative estimate of drug-likeness (QED) is 0.570. The molecule has 2 N–H and O–H groups in total. The molecule has 2 aromatic rings. The van der Waals surface area contributed by atoms with Crippen molar-refractivity contribution in [1.82, 2.24) is 5.32 Å². The van der Waals surface area contributed by atoms with Crippen molar-refractivity contribution >= 4 is 11.8 Å². The van der Waals surface area contributed by atoms with Crippen LogP contribution in [0.2, 0.25) is 0 Å². The summed E-state index contributed by atoms with van der Waals surface area (Å²) in [4.78, 5) is 21.1. The number of nitrogens with zero attached hydrogens (tertiary/aromatic N) is 1. The van der Waals surface area contributed by atoms with Gasteiger partial charge in [0.1, 0.15) is 5.75 Å². The molecular formula is C18H20N2O6. The van der Waals surface area contributed by atoms with Gasteiger partial charge in [0, 0.05) is 11.6 Å². The fourth-order valence-electron chi connectivity index (χ4n) is 2.50. The van der Waals surface area contributed by atoms with E-state index in [0.29, 0.717) is 17.9 Å². The van der Waals surface area contributed by atoms with E-state index in [-0.39, 0.29) is 11.4 Å². The number of carboxylic acid groups (broad SMARTS) is 1. The van der Waals surface area contributed by atoms with Crippen molar-refractivity contribution in [3.63, 3.8) is 0 Å². The number of amides is 1. The minimum atomic E-state index is -1.07. The van der Waals surface area contributed by atoms with Crippen LogP contribution in [0.5, 0.6) is 17.2 Å². The zero-order valence-electron chi connectivity index (χ0n) is 14.7. The van der Waals surface area contributed by atoms with Gasteiger partial charge in [0.05, 0.1) is 18.1 Å². The summed E-state index contributed by atoms with van der Waals surface area (Å²) in [6.07, 6.45) is -0.555. The fraction of sp³-hybridized carbons (Fsp3) is 0.278. The largest absolute Gasteiger partial charge is 0.493 e. The Morgan fingerprint density at radius 3 is 2.38 bits per heavy atom. The summed E-state index contributed by atoms with van der Waals surface area (Å²) in [5, 5.41) is 22.1. The molecule has 0 fully saturated rings. The van der Waals surface area contributed by atoms with E-state index in [1.807, 2.05) is 12.1 Å². The average molecular weight is 360 g/mol. The zero-order valence-corrected chi connectivity index (χ0v) is 14.7. The highest BCUT2D eigenvalue weighted by atomic mass is 16.6. The normalized spacial score (nSPS) is 10.9. The summed E-state index contributed by atoms with van der Waals surface area (Å²) in [5.74, 6) is 1.15. The number of methoxy groups -OCH3 is 1. The number of ether oxygens (including phenoxy) is 2. The first-order valence-corrected chi connectivity index (χ1v) is 7.80. The van der Waals surface area contributed by atoms with Crippen LogP contribution in [0.25, 0.3) is 0 Å². The van der Waals surface area contributed by atoms with Gasteiger partial charge in [0.25, 0.3) is 5.69 Å². The average Bonchev–Trinajstić information content (AvgIpc) is 2.55. The Morgan fingerprint density at radius 1 is 1.19 bits per heavy atom. The number of nitro benzene ring substituents is 1. The van der Waals surface area contributed by atoms with E-state index in [1.165, 1.54) is 25.3 Å². The second kappa shape index (κ2) is 7.73. The fourth-order valence-corrected chi connectivity index (χ4v) is 2.50. The minimum Gasteiger partial charge on any atom is -0.493 e. The van der Waals surface area contributed by atoms with Crippen LogP contribution in [0, 0.1) is 10.1 Å². The second-order valence-electron chi connectivity index (χ2n) is 6.33. The molecule has 0 spiro atoms. The van der Waals surface area contributed by atoms with E-state index < -0.39 is 16.6 Å². The first kappa shape index (κ1) is 19.0. The van der Waals surface area contributed by atoms with Crippen molar-refractivity contribution in [3.05, 3.63) is 58.1 Å². The molecule has 0 aliphatic carbocycles. The summed E-state index contributed by atoms with van der Waals surface area (Å²) in [6, 6.07) is 11.3. The lowest BCUT2D eigenvalue weighted by Crippen LogP contribution is -2.44. The molecule has 2 aromatic carbocycles. The Morgan fingerprint density at radius 2 is 1.85 bits per heavy atom. The highest BCUT2D eigenvalue weighted by Gasteiger charge is 2.20. The molecule has 0 aliphatic rings. The van der Waals surface area contributed by atoms with Crippen molar-refractivity contribution in [2.24, 2.45) is 0 Å². The van der Waals surface area contributed by atoms with Crippen LogP contribution in [-0.2, 0) is 6.42 Å². The van der Waals surface area contributed by atoms with Crippen molar-refractivity contribution in [1.29, 1.82) is 0 Å². The molecule has 0 saturated heterocycles. The third-order valence-electron chi connectivity index (χ3n) is 3.60. The predicted octanol–water partition coefficient (Wildman–Crippen LogP) is 3.98. The van der Waals surface area contributed by atoms with E-state index in [1.54, 1.807) is 26.0 Å². The lowest BCUT2D eigenvalue weighted by atomic mass is 9.95. The van der Waals surface area contributed by atoms with E-state index >= 15 is 0 Å². The molecule has 0 saturated carbocycles. The molecule has 0 unspecified atom stereocenters. The maximum absolute atomic E-state index is 10.8. The van der Waals surface area contributed by atoms with Crippen LogP contribution in [0.15, 0.2) is 42.5 Å². The van der Waals surface area contributed by atoms with Gasteiger partial charge in [-0.2, -0.15) is 0 Å². The van der Waals surface area contributed by atoms with E-state index in [4.69, 9.17) is 14.6 Å². The number of hydrogen-bond donors (Lipinski definition) is 2. The molecule has 0 heterocycles. The van der Waals surface area contributed by atoms with Gasteiger partial charge >= 0.3 is 6.09 Å². The van der Waals surface area contributed by atoms with Crippen LogP contribution in [0.3, 0.4) is 0 Å². The van der Waals surface area contributed by atoms with Crippen LogP contribution < -0.4 is 14.8 Å². The summed E-state index contributed by atoms with van der Waals surface area (Å²) in [7, 11) is 1.41. The molecular weight excluding hydrogens is 340 g/mol. The van der Waals surface area contributed by atoms with Crippen molar-refractivity contribution < 1.29 is 24.3 Å².